The summed E-state index contributed by atoms with van der Waals surface area (Å²) >= 11 is 5.80. The van der Waals surface area contributed by atoms with Crippen molar-refractivity contribution in [2.24, 2.45) is 0 Å². The van der Waals surface area contributed by atoms with Gasteiger partial charge in [0.1, 0.15) is 5.82 Å². The Balaban J connectivity index is 1.68. The minimum atomic E-state index is -0.435. The first-order valence-electron chi connectivity index (χ1n) is 8.64. The number of halogens is 2. The predicted molar refractivity (Wildman–Crippen MR) is 102 cm³/mol. The first-order chi connectivity index (χ1) is 13.1. The van der Waals surface area contributed by atoms with Crippen molar-refractivity contribution in [2.75, 3.05) is 13.2 Å². The van der Waals surface area contributed by atoms with E-state index in [9.17, 15) is 9.18 Å². The van der Waals surface area contributed by atoms with Crippen LogP contribution in [0.15, 0.2) is 59.5 Å². The van der Waals surface area contributed by atoms with Crippen LogP contribution in [-0.2, 0) is 6.54 Å². The van der Waals surface area contributed by atoms with Crippen molar-refractivity contribution in [2.45, 2.75) is 13.0 Å². The second-order valence-electron chi connectivity index (χ2n) is 6.33. The summed E-state index contributed by atoms with van der Waals surface area (Å²) in [6.45, 7) is 1.36. The van der Waals surface area contributed by atoms with Gasteiger partial charge in [0.25, 0.3) is 5.56 Å². The summed E-state index contributed by atoms with van der Waals surface area (Å²) in [4.78, 5) is 12.2. The Kier molecular flexibility index (Phi) is 4.86. The van der Waals surface area contributed by atoms with E-state index in [1.54, 1.807) is 24.4 Å². The summed E-state index contributed by atoms with van der Waals surface area (Å²) in [6.07, 6.45) is 2.55. The highest BCUT2D eigenvalue weighted by atomic mass is 35.5. The molecular weight excluding hydrogens is 369 g/mol. The van der Waals surface area contributed by atoms with Gasteiger partial charge in [-0.2, -0.15) is 0 Å². The lowest BCUT2D eigenvalue weighted by Gasteiger charge is -2.12. The van der Waals surface area contributed by atoms with E-state index in [1.807, 2.05) is 18.2 Å². The molecule has 1 aliphatic heterocycles. The predicted octanol–water partition coefficient (Wildman–Crippen LogP) is 4.52. The van der Waals surface area contributed by atoms with Gasteiger partial charge in [-0.3, -0.25) is 4.79 Å². The van der Waals surface area contributed by atoms with Crippen molar-refractivity contribution in [1.82, 2.24) is 4.57 Å². The summed E-state index contributed by atoms with van der Waals surface area (Å²) in [6, 6.07) is 13.3. The van der Waals surface area contributed by atoms with E-state index in [-0.39, 0.29) is 12.1 Å². The lowest BCUT2D eigenvalue weighted by Crippen LogP contribution is -2.19. The fourth-order valence-electron chi connectivity index (χ4n) is 3.00. The topological polar surface area (TPSA) is 40.5 Å². The molecule has 0 atom stereocenters. The monoisotopic (exact) mass is 385 g/mol. The number of pyridine rings is 1. The van der Waals surface area contributed by atoms with Crippen LogP contribution in [0.4, 0.5) is 4.39 Å². The first kappa shape index (κ1) is 17.6. The molecule has 6 heteroatoms. The van der Waals surface area contributed by atoms with Gasteiger partial charge in [0.15, 0.2) is 11.5 Å². The molecule has 2 heterocycles. The number of ether oxygens (including phenoxy) is 2. The average Bonchev–Trinajstić information content (AvgIpc) is 2.90. The van der Waals surface area contributed by atoms with Gasteiger partial charge >= 0.3 is 0 Å². The Morgan fingerprint density at radius 1 is 0.963 bits per heavy atom. The largest absolute Gasteiger partial charge is 0.490 e. The molecule has 0 aliphatic carbocycles. The molecule has 0 saturated heterocycles. The average molecular weight is 386 g/mol. The molecule has 4 nitrogen and oxygen atoms in total. The van der Waals surface area contributed by atoms with Gasteiger partial charge in [-0.15, -0.1) is 0 Å². The van der Waals surface area contributed by atoms with Crippen LogP contribution in [0.2, 0.25) is 5.02 Å². The van der Waals surface area contributed by atoms with Crippen molar-refractivity contribution in [3.8, 4) is 22.6 Å². The molecule has 0 unspecified atom stereocenters. The van der Waals surface area contributed by atoms with Crippen LogP contribution in [-0.4, -0.2) is 17.8 Å². The highest BCUT2D eigenvalue weighted by Gasteiger charge is 2.12. The number of fused-ring (bicyclic) bond motifs is 1. The van der Waals surface area contributed by atoms with Crippen LogP contribution in [0.1, 0.15) is 12.0 Å². The normalized spacial score (nSPS) is 13.3. The SMILES string of the molecule is O=c1ccc(-c2ccc3c(c2)OCCCO3)cn1Cc1ccc(Cl)cc1F. The molecule has 0 radical (unpaired) electrons. The fourth-order valence-corrected chi connectivity index (χ4v) is 3.16. The van der Waals surface area contributed by atoms with Crippen molar-refractivity contribution in [3.05, 3.63) is 81.5 Å². The Labute approximate surface area is 160 Å². The Bertz CT molecular complexity index is 1050. The van der Waals surface area contributed by atoms with Crippen LogP contribution in [0.3, 0.4) is 0 Å². The second kappa shape index (κ2) is 7.45. The summed E-state index contributed by atoms with van der Waals surface area (Å²) in [5, 5.41) is 0.324. The van der Waals surface area contributed by atoms with Gasteiger partial charge in [-0.05, 0) is 41.5 Å². The van der Waals surface area contributed by atoms with Crippen molar-refractivity contribution in [3.63, 3.8) is 0 Å². The molecule has 0 bridgehead atoms. The standard InChI is InChI=1S/C21H17ClFNO3/c22-17-5-2-16(18(23)11-17)13-24-12-15(4-7-21(24)25)14-3-6-19-20(10-14)27-9-1-8-26-19/h2-7,10-12H,1,8-9,13H2. The molecule has 3 aromatic rings. The highest BCUT2D eigenvalue weighted by molar-refractivity contribution is 6.30. The van der Waals surface area contributed by atoms with Gasteiger partial charge < -0.3 is 14.0 Å². The second-order valence-corrected chi connectivity index (χ2v) is 6.77. The van der Waals surface area contributed by atoms with Crippen LogP contribution in [0, 0.1) is 5.82 Å². The first-order valence-corrected chi connectivity index (χ1v) is 9.02. The Morgan fingerprint density at radius 2 is 1.74 bits per heavy atom. The molecular formula is C21H17ClFNO3. The van der Waals surface area contributed by atoms with Crippen LogP contribution < -0.4 is 15.0 Å². The van der Waals surface area contributed by atoms with Crippen LogP contribution >= 0.6 is 11.6 Å². The number of rotatable bonds is 3. The van der Waals surface area contributed by atoms with Crippen LogP contribution in [0.5, 0.6) is 11.5 Å². The van der Waals surface area contributed by atoms with Crippen LogP contribution in [0.25, 0.3) is 11.1 Å². The van der Waals surface area contributed by atoms with E-state index in [2.05, 4.69) is 0 Å². The lowest BCUT2D eigenvalue weighted by molar-refractivity contribution is 0.297. The van der Waals surface area contributed by atoms with Crippen molar-refractivity contribution in [1.29, 1.82) is 0 Å². The number of hydrogen-bond donors (Lipinski definition) is 0. The summed E-state index contributed by atoms with van der Waals surface area (Å²) in [5.74, 6) is 0.967. The molecule has 0 N–H and O–H groups in total. The Hall–Kier alpha value is -2.79. The van der Waals surface area contributed by atoms with E-state index in [0.29, 0.717) is 35.3 Å². The van der Waals surface area contributed by atoms with Gasteiger partial charge in [-0.1, -0.05) is 23.7 Å². The molecule has 1 aliphatic rings. The van der Waals surface area contributed by atoms with Crippen molar-refractivity contribution >= 4 is 11.6 Å². The molecule has 0 fully saturated rings. The zero-order valence-electron chi connectivity index (χ0n) is 14.5. The molecule has 0 amide bonds. The van der Waals surface area contributed by atoms with Gasteiger partial charge in [0.05, 0.1) is 19.8 Å². The molecule has 27 heavy (non-hydrogen) atoms. The minimum Gasteiger partial charge on any atom is -0.490 e. The third kappa shape index (κ3) is 3.83. The zero-order chi connectivity index (χ0) is 18.8. The summed E-state index contributed by atoms with van der Waals surface area (Å²) < 4.78 is 26.9. The molecule has 0 spiro atoms. The van der Waals surface area contributed by atoms with Gasteiger partial charge in [-0.25, -0.2) is 4.39 Å². The highest BCUT2D eigenvalue weighted by Crippen LogP contribution is 2.34. The smallest absolute Gasteiger partial charge is 0.250 e. The molecule has 2 aromatic carbocycles. The molecule has 1 aromatic heterocycles. The Morgan fingerprint density at radius 3 is 2.56 bits per heavy atom. The quantitative estimate of drug-likeness (QED) is 0.665. The minimum absolute atomic E-state index is 0.125. The maximum absolute atomic E-state index is 14.1. The van der Waals surface area contributed by atoms with Gasteiger partial charge in [0.2, 0.25) is 0 Å². The number of benzene rings is 2. The summed E-state index contributed by atoms with van der Waals surface area (Å²) in [7, 11) is 0. The van der Waals surface area contributed by atoms with E-state index >= 15 is 0 Å². The lowest BCUT2D eigenvalue weighted by atomic mass is 10.1. The maximum atomic E-state index is 14.1. The number of nitrogens with zero attached hydrogens (tertiary/aromatic N) is 1. The third-order valence-corrected chi connectivity index (χ3v) is 4.66. The fraction of sp³-hybridized carbons (Fsp3) is 0.190. The molecule has 0 saturated carbocycles. The van der Waals surface area contributed by atoms with E-state index in [4.69, 9.17) is 21.1 Å². The third-order valence-electron chi connectivity index (χ3n) is 4.42. The molecule has 4 rings (SSSR count). The summed E-state index contributed by atoms with van der Waals surface area (Å²) in [5.41, 5.74) is 1.92. The molecule has 138 valence electrons. The number of aromatic nitrogens is 1. The number of hydrogen-bond acceptors (Lipinski definition) is 3. The van der Waals surface area contributed by atoms with Crippen molar-refractivity contribution < 1.29 is 13.9 Å². The van der Waals surface area contributed by atoms with E-state index in [0.717, 1.165) is 17.5 Å². The van der Waals surface area contributed by atoms with Gasteiger partial charge in [0, 0.05) is 29.3 Å². The van der Waals surface area contributed by atoms with E-state index < -0.39 is 5.82 Å². The maximum Gasteiger partial charge on any atom is 0.250 e. The van der Waals surface area contributed by atoms with E-state index in [1.165, 1.54) is 16.7 Å². The zero-order valence-corrected chi connectivity index (χ0v) is 15.2.